The summed E-state index contributed by atoms with van der Waals surface area (Å²) in [4.78, 5) is 8.41. The van der Waals surface area contributed by atoms with Crippen LogP contribution in [0.4, 0.5) is 5.82 Å². The van der Waals surface area contributed by atoms with E-state index in [1.54, 1.807) is 4.52 Å². The second-order valence-corrected chi connectivity index (χ2v) is 4.43. The molecule has 0 aliphatic heterocycles. The highest BCUT2D eigenvalue weighted by Crippen LogP contribution is 2.26. The van der Waals surface area contributed by atoms with Gasteiger partial charge in [0.25, 0.3) is 5.78 Å². The lowest BCUT2D eigenvalue weighted by Gasteiger charge is -2.25. The summed E-state index contributed by atoms with van der Waals surface area (Å²) in [5.74, 6) is 2.48. The van der Waals surface area contributed by atoms with Crippen LogP contribution in [0, 0.1) is 12.8 Å². The summed E-state index contributed by atoms with van der Waals surface area (Å²) in [7, 11) is 0. The van der Waals surface area contributed by atoms with E-state index in [0.29, 0.717) is 5.78 Å². The lowest BCUT2D eigenvalue weighted by atomic mass is 9.85. The van der Waals surface area contributed by atoms with Crippen LogP contribution in [0.1, 0.15) is 25.0 Å². The predicted octanol–water partition coefficient (Wildman–Crippen LogP) is 1.64. The molecular formula is C11H15N5. The third-order valence-corrected chi connectivity index (χ3v) is 3.18. The molecule has 3 rings (SSSR count). The maximum absolute atomic E-state index is 4.31. The van der Waals surface area contributed by atoms with Gasteiger partial charge in [-0.05, 0) is 25.7 Å². The first-order valence-corrected chi connectivity index (χ1v) is 5.74. The van der Waals surface area contributed by atoms with Gasteiger partial charge >= 0.3 is 0 Å². The number of nitrogens with one attached hydrogen (secondary N) is 1. The molecule has 0 aromatic carbocycles. The van der Waals surface area contributed by atoms with Crippen molar-refractivity contribution in [3.8, 4) is 0 Å². The van der Waals surface area contributed by atoms with Crippen molar-refractivity contribution in [2.45, 2.75) is 26.2 Å². The molecule has 0 saturated heterocycles. The normalized spacial score (nSPS) is 16.3. The van der Waals surface area contributed by atoms with Gasteiger partial charge in [-0.25, -0.2) is 4.98 Å². The number of fused-ring (bicyclic) bond motifs is 1. The number of hydrogen-bond donors (Lipinski definition) is 1. The molecule has 1 saturated carbocycles. The molecule has 0 atom stereocenters. The number of aromatic nitrogens is 4. The van der Waals surface area contributed by atoms with E-state index < -0.39 is 0 Å². The first kappa shape index (κ1) is 9.57. The van der Waals surface area contributed by atoms with Crippen LogP contribution < -0.4 is 5.32 Å². The van der Waals surface area contributed by atoms with Crippen molar-refractivity contribution in [2.75, 3.05) is 11.9 Å². The molecule has 1 aliphatic carbocycles. The maximum atomic E-state index is 4.31. The second-order valence-electron chi connectivity index (χ2n) is 4.43. The van der Waals surface area contributed by atoms with Crippen molar-refractivity contribution in [3.05, 3.63) is 18.1 Å². The molecule has 0 bridgehead atoms. The van der Waals surface area contributed by atoms with Crippen molar-refractivity contribution in [3.63, 3.8) is 0 Å². The molecule has 0 amide bonds. The van der Waals surface area contributed by atoms with Gasteiger partial charge in [-0.3, -0.25) is 0 Å². The standard InChI is InChI=1S/C11H15N5/c1-8-5-10(12-6-9-3-2-4-9)16-11(15-8)13-7-14-16/h5,7,9,12H,2-4,6H2,1H3. The molecule has 2 aromatic heterocycles. The summed E-state index contributed by atoms with van der Waals surface area (Å²) in [5, 5.41) is 7.60. The Kier molecular flexibility index (Phi) is 2.23. The number of aryl methyl sites for hydroxylation is 1. The Balaban J connectivity index is 1.85. The van der Waals surface area contributed by atoms with Gasteiger partial charge in [0.15, 0.2) is 0 Å². The fraction of sp³-hybridized carbons (Fsp3) is 0.545. The second kappa shape index (κ2) is 3.73. The van der Waals surface area contributed by atoms with Gasteiger partial charge in [0.2, 0.25) is 0 Å². The van der Waals surface area contributed by atoms with E-state index >= 15 is 0 Å². The molecule has 2 aromatic rings. The summed E-state index contributed by atoms with van der Waals surface area (Å²) in [5.41, 5.74) is 0.969. The zero-order chi connectivity index (χ0) is 11.0. The van der Waals surface area contributed by atoms with Crippen LogP contribution in [0.5, 0.6) is 0 Å². The van der Waals surface area contributed by atoms with Crippen LogP contribution in [0.3, 0.4) is 0 Å². The Hall–Kier alpha value is -1.65. The number of hydrogen-bond acceptors (Lipinski definition) is 4. The first-order chi connectivity index (χ1) is 7.83. The molecule has 5 nitrogen and oxygen atoms in total. The number of anilines is 1. The van der Waals surface area contributed by atoms with Gasteiger partial charge in [0, 0.05) is 18.3 Å². The third-order valence-electron chi connectivity index (χ3n) is 3.18. The third kappa shape index (κ3) is 1.62. The van der Waals surface area contributed by atoms with Crippen LogP contribution in [-0.4, -0.2) is 26.1 Å². The van der Waals surface area contributed by atoms with E-state index in [-0.39, 0.29) is 0 Å². The highest BCUT2D eigenvalue weighted by atomic mass is 15.3. The van der Waals surface area contributed by atoms with Gasteiger partial charge in [0.1, 0.15) is 12.1 Å². The molecule has 0 spiro atoms. The topological polar surface area (TPSA) is 55.1 Å². The van der Waals surface area contributed by atoms with Crippen LogP contribution in [0.25, 0.3) is 5.78 Å². The van der Waals surface area contributed by atoms with Gasteiger partial charge in [-0.15, -0.1) is 0 Å². The van der Waals surface area contributed by atoms with Crippen molar-refractivity contribution >= 4 is 11.6 Å². The fourth-order valence-electron chi connectivity index (χ4n) is 2.00. The largest absolute Gasteiger partial charge is 0.370 e. The first-order valence-electron chi connectivity index (χ1n) is 5.74. The highest BCUT2D eigenvalue weighted by molar-refractivity contribution is 5.44. The number of rotatable bonds is 3. The average molecular weight is 217 g/mol. The van der Waals surface area contributed by atoms with Crippen LogP contribution in [0.15, 0.2) is 12.4 Å². The van der Waals surface area contributed by atoms with Crippen molar-refractivity contribution in [1.82, 2.24) is 19.6 Å². The van der Waals surface area contributed by atoms with Gasteiger partial charge in [-0.1, -0.05) is 6.42 Å². The van der Waals surface area contributed by atoms with Crippen LogP contribution in [0.2, 0.25) is 0 Å². The van der Waals surface area contributed by atoms with E-state index in [2.05, 4.69) is 20.4 Å². The van der Waals surface area contributed by atoms with Gasteiger partial charge < -0.3 is 5.32 Å². The van der Waals surface area contributed by atoms with E-state index in [9.17, 15) is 0 Å². The minimum atomic E-state index is 0.663. The summed E-state index contributed by atoms with van der Waals surface area (Å²) in [6.45, 7) is 3.00. The molecule has 84 valence electrons. The molecule has 0 unspecified atom stereocenters. The highest BCUT2D eigenvalue weighted by Gasteiger charge is 2.17. The Morgan fingerprint density at radius 2 is 2.38 bits per heavy atom. The SMILES string of the molecule is Cc1cc(NCC2CCC2)n2ncnc2n1. The molecule has 5 heteroatoms. The molecule has 2 heterocycles. The fourth-order valence-corrected chi connectivity index (χ4v) is 2.00. The summed E-state index contributed by atoms with van der Waals surface area (Å²) < 4.78 is 1.76. The Morgan fingerprint density at radius 1 is 1.50 bits per heavy atom. The zero-order valence-electron chi connectivity index (χ0n) is 9.35. The molecule has 1 aliphatic rings. The van der Waals surface area contributed by atoms with E-state index in [1.807, 2.05) is 13.0 Å². The quantitative estimate of drug-likeness (QED) is 0.849. The zero-order valence-corrected chi connectivity index (χ0v) is 9.35. The van der Waals surface area contributed by atoms with Crippen molar-refractivity contribution < 1.29 is 0 Å². The number of nitrogens with zero attached hydrogens (tertiary/aromatic N) is 4. The van der Waals surface area contributed by atoms with Crippen molar-refractivity contribution in [2.24, 2.45) is 5.92 Å². The Bertz CT molecular complexity index is 500. The molecule has 1 fully saturated rings. The molecule has 1 N–H and O–H groups in total. The van der Waals surface area contributed by atoms with E-state index in [1.165, 1.54) is 25.6 Å². The van der Waals surface area contributed by atoms with Gasteiger partial charge in [-0.2, -0.15) is 14.6 Å². The minimum Gasteiger partial charge on any atom is -0.370 e. The van der Waals surface area contributed by atoms with Gasteiger partial charge in [0.05, 0.1) is 0 Å². The summed E-state index contributed by atoms with van der Waals surface area (Å²) >= 11 is 0. The van der Waals surface area contributed by atoms with Crippen LogP contribution in [-0.2, 0) is 0 Å². The molecule has 16 heavy (non-hydrogen) atoms. The minimum absolute atomic E-state index is 0.663. The van der Waals surface area contributed by atoms with Crippen LogP contribution >= 0.6 is 0 Å². The Morgan fingerprint density at radius 3 is 3.12 bits per heavy atom. The maximum Gasteiger partial charge on any atom is 0.254 e. The summed E-state index contributed by atoms with van der Waals surface area (Å²) in [6, 6.07) is 2.01. The van der Waals surface area contributed by atoms with E-state index in [4.69, 9.17) is 0 Å². The predicted molar refractivity (Wildman–Crippen MR) is 61.3 cm³/mol. The van der Waals surface area contributed by atoms with Crippen molar-refractivity contribution in [1.29, 1.82) is 0 Å². The Labute approximate surface area is 93.9 Å². The average Bonchev–Trinajstić information content (AvgIpc) is 2.62. The molecule has 0 radical (unpaired) electrons. The van der Waals surface area contributed by atoms with E-state index in [0.717, 1.165) is 24.0 Å². The smallest absolute Gasteiger partial charge is 0.254 e. The summed E-state index contributed by atoms with van der Waals surface area (Å²) in [6.07, 6.45) is 5.60. The monoisotopic (exact) mass is 217 g/mol. The molecular weight excluding hydrogens is 202 g/mol. The lowest BCUT2D eigenvalue weighted by molar-refractivity contribution is 0.333. The lowest BCUT2D eigenvalue weighted by Crippen LogP contribution is -2.22.